The smallest absolute Gasteiger partial charge is 0.274 e. The Labute approximate surface area is 124 Å². The number of likely N-dealkylation sites (tertiary alicyclic amines) is 2. The van der Waals surface area contributed by atoms with E-state index in [2.05, 4.69) is 5.10 Å². The zero-order valence-corrected chi connectivity index (χ0v) is 12.7. The highest BCUT2D eigenvalue weighted by Gasteiger charge is 2.49. The first-order valence-corrected chi connectivity index (χ1v) is 7.65. The summed E-state index contributed by atoms with van der Waals surface area (Å²) in [6.45, 7) is 4.10. The maximum atomic E-state index is 12.8. The Kier molecular flexibility index (Phi) is 3.47. The average molecular weight is 290 g/mol. The van der Waals surface area contributed by atoms with Crippen LogP contribution in [0.3, 0.4) is 0 Å². The number of aromatic nitrogens is 2. The molecule has 6 nitrogen and oxygen atoms in total. The Balaban J connectivity index is 1.88. The first kappa shape index (κ1) is 14.1. The van der Waals surface area contributed by atoms with E-state index in [0.717, 1.165) is 25.8 Å². The highest BCUT2D eigenvalue weighted by molar-refractivity contribution is 5.94. The molecule has 0 saturated carbocycles. The molecule has 0 radical (unpaired) electrons. The second kappa shape index (κ2) is 5.16. The molecule has 0 aliphatic carbocycles. The number of carbonyl (C=O) groups excluding carboxylic acids is 2. The van der Waals surface area contributed by atoms with E-state index < -0.39 is 0 Å². The minimum atomic E-state index is -0.319. The van der Waals surface area contributed by atoms with Gasteiger partial charge in [0.05, 0.1) is 12.0 Å². The molecule has 3 rings (SSSR count). The molecule has 1 spiro atoms. The van der Waals surface area contributed by atoms with Gasteiger partial charge in [0.25, 0.3) is 5.91 Å². The predicted molar refractivity (Wildman–Crippen MR) is 77.7 cm³/mol. The van der Waals surface area contributed by atoms with E-state index >= 15 is 0 Å². The van der Waals surface area contributed by atoms with E-state index in [4.69, 9.17) is 0 Å². The van der Waals surface area contributed by atoms with Crippen LogP contribution in [0.15, 0.2) is 12.3 Å². The third-order valence-corrected chi connectivity index (χ3v) is 4.72. The lowest BCUT2D eigenvalue weighted by atomic mass is 9.85. The molecule has 0 unspecified atom stereocenters. The maximum Gasteiger partial charge on any atom is 0.274 e. The molecule has 114 valence electrons. The summed E-state index contributed by atoms with van der Waals surface area (Å²) in [5, 5.41) is 4.23. The number of piperidine rings is 1. The van der Waals surface area contributed by atoms with Crippen LogP contribution < -0.4 is 0 Å². The van der Waals surface area contributed by atoms with Crippen LogP contribution in [0, 0.1) is 0 Å². The van der Waals surface area contributed by atoms with E-state index in [1.54, 1.807) is 24.0 Å². The van der Waals surface area contributed by atoms with Gasteiger partial charge in [-0.05, 0) is 32.3 Å². The molecular weight excluding hydrogens is 268 g/mol. The Morgan fingerprint density at radius 3 is 2.86 bits per heavy atom. The Morgan fingerprint density at radius 2 is 2.24 bits per heavy atom. The summed E-state index contributed by atoms with van der Waals surface area (Å²) >= 11 is 0. The lowest BCUT2D eigenvalue weighted by molar-refractivity contribution is -0.127. The number of likely N-dealkylation sites (N-methyl/N-ethyl adjacent to an activating group) is 1. The molecule has 2 aliphatic heterocycles. The highest BCUT2D eigenvalue weighted by atomic mass is 16.2. The van der Waals surface area contributed by atoms with E-state index in [-0.39, 0.29) is 17.4 Å². The van der Waals surface area contributed by atoms with Crippen molar-refractivity contribution in [3.63, 3.8) is 0 Å². The summed E-state index contributed by atoms with van der Waals surface area (Å²) in [6, 6.07) is 1.75. The molecule has 0 bridgehead atoms. The summed E-state index contributed by atoms with van der Waals surface area (Å²) < 4.78 is 1.64. The lowest BCUT2D eigenvalue weighted by Gasteiger charge is -2.44. The number of amides is 2. The number of carbonyl (C=O) groups is 2. The van der Waals surface area contributed by atoms with Gasteiger partial charge in [0.1, 0.15) is 5.69 Å². The van der Waals surface area contributed by atoms with Gasteiger partial charge in [-0.25, -0.2) is 0 Å². The zero-order valence-electron chi connectivity index (χ0n) is 12.7. The molecule has 1 atom stereocenters. The van der Waals surface area contributed by atoms with Crippen LogP contribution >= 0.6 is 0 Å². The quantitative estimate of drug-likeness (QED) is 0.817. The van der Waals surface area contributed by atoms with Crippen molar-refractivity contribution in [2.24, 2.45) is 7.05 Å². The standard InChI is InChI=1S/C15H22N4O2/c1-3-18-11-15(10-13(18)20)7-4-5-8-19(15)14(21)12-6-9-17(2)16-12/h6,9H,3-5,7-8,10-11H2,1-2H3/t15-/m0/s1. The van der Waals surface area contributed by atoms with Crippen molar-refractivity contribution in [3.05, 3.63) is 18.0 Å². The van der Waals surface area contributed by atoms with Crippen LogP contribution in [-0.4, -0.2) is 56.6 Å². The molecule has 0 aromatic carbocycles. The number of hydrogen-bond acceptors (Lipinski definition) is 3. The van der Waals surface area contributed by atoms with Gasteiger partial charge in [-0.2, -0.15) is 5.10 Å². The number of rotatable bonds is 2. The van der Waals surface area contributed by atoms with Gasteiger partial charge < -0.3 is 9.80 Å². The molecule has 0 N–H and O–H groups in total. The van der Waals surface area contributed by atoms with Crippen LogP contribution in [0.1, 0.15) is 43.1 Å². The summed E-state index contributed by atoms with van der Waals surface area (Å²) in [5.74, 6) is 0.124. The van der Waals surface area contributed by atoms with Crippen molar-refractivity contribution < 1.29 is 9.59 Å². The van der Waals surface area contributed by atoms with Crippen molar-refractivity contribution in [1.82, 2.24) is 19.6 Å². The third-order valence-electron chi connectivity index (χ3n) is 4.72. The van der Waals surface area contributed by atoms with Crippen molar-refractivity contribution >= 4 is 11.8 Å². The fraction of sp³-hybridized carbons (Fsp3) is 0.667. The average Bonchev–Trinajstić information content (AvgIpc) is 3.03. The molecular formula is C15H22N4O2. The number of nitrogens with zero attached hydrogens (tertiary/aromatic N) is 4. The van der Waals surface area contributed by atoms with E-state index in [0.29, 0.717) is 25.2 Å². The second-order valence-corrected chi connectivity index (χ2v) is 6.10. The van der Waals surface area contributed by atoms with Crippen molar-refractivity contribution in [2.45, 2.75) is 38.1 Å². The van der Waals surface area contributed by atoms with Gasteiger partial charge in [0, 0.05) is 32.9 Å². The number of aryl methyl sites for hydroxylation is 1. The van der Waals surface area contributed by atoms with Gasteiger partial charge in [-0.1, -0.05) is 0 Å². The first-order valence-electron chi connectivity index (χ1n) is 7.65. The molecule has 1 aromatic rings. The number of hydrogen-bond donors (Lipinski definition) is 0. The van der Waals surface area contributed by atoms with E-state index in [1.165, 1.54) is 0 Å². The molecule has 2 saturated heterocycles. The summed E-state index contributed by atoms with van der Waals surface area (Å²) in [7, 11) is 1.81. The minimum absolute atomic E-state index is 0.0407. The molecule has 1 aromatic heterocycles. The molecule has 21 heavy (non-hydrogen) atoms. The predicted octanol–water partition coefficient (Wildman–Crippen LogP) is 1.04. The largest absolute Gasteiger partial charge is 0.341 e. The Morgan fingerprint density at radius 1 is 1.43 bits per heavy atom. The van der Waals surface area contributed by atoms with Gasteiger partial charge in [0.2, 0.25) is 5.91 Å². The lowest BCUT2D eigenvalue weighted by Crippen LogP contribution is -2.56. The summed E-state index contributed by atoms with van der Waals surface area (Å²) in [6.07, 6.45) is 5.23. The van der Waals surface area contributed by atoms with Gasteiger partial charge in [0.15, 0.2) is 0 Å². The van der Waals surface area contributed by atoms with E-state index in [1.807, 2.05) is 16.7 Å². The van der Waals surface area contributed by atoms with Crippen molar-refractivity contribution in [3.8, 4) is 0 Å². The maximum absolute atomic E-state index is 12.8. The fourth-order valence-corrected chi connectivity index (χ4v) is 3.61. The minimum Gasteiger partial charge on any atom is -0.341 e. The van der Waals surface area contributed by atoms with Crippen molar-refractivity contribution in [1.29, 1.82) is 0 Å². The van der Waals surface area contributed by atoms with Crippen LogP contribution in [0.4, 0.5) is 0 Å². The van der Waals surface area contributed by atoms with Crippen molar-refractivity contribution in [2.75, 3.05) is 19.6 Å². The molecule has 3 heterocycles. The van der Waals surface area contributed by atoms with Crippen LogP contribution in [0.5, 0.6) is 0 Å². The van der Waals surface area contributed by atoms with Gasteiger partial charge in [-0.3, -0.25) is 14.3 Å². The van der Waals surface area contributed by atoms with Crippen LogP contribution in [0.25, 0.3) is 0 Å². The Bertz CT molecular complexity index is 568. The van der Waals surface area contributed by atoms with Crippen LogP contribution in [-0.2, 0) is 11.8 Å². The Hall–Kier alpha value is -1.85. The topological polar surface area (TPSA) is 58.4 Å². The summed E-state index contributed by atoms with van der Waals surface area (Å²) in [5.41, 5.74) is 0.154. The zero-order chi connectivity index (χ0) is 15.0. The first-order chi connectivity index (χ1) is 10.1. The second-order valence-electron chi connectivity index (χ2n) is 6.10. The van der Waals surface area contributed by atoms with Gasteiger partial charge in [-0.15, -0.1) is 0 Å². The monoisotopic (exact) mass is 290 g/mol. The normalized spacial score (nSPS) is 25.9. The summed E-state index contributed by atoms with van der Waals surface area (Å²) in [4.78, 5) is 28.7. The molecule has 2 fully saturated rings. The van der Waals surface area contributed by atoms with Crippen LogP contribution in [0.2, 0.25) is 0 Å². The SMILES string of the molecule is CCN1C[C@]2(CCCCN2C(=O)c2ccn(C)n2)CC1=O. The van der Waals surface area contributed by atoms with E-state index in [9.17, 15) is 9.59 Å². The third kappa shape index (κ3) is 2.32. The molecule has 6 heteroatoms. The molecule has 2 aliphatic rings. The van der Waals surface area contributed by atoms with Gasteiger partial charge >= 0.3 is 0 Å². The molecule has 2 amide bonds. The highest BCUT2D eigenvalue weighted by Crippen LogP contribution is 2.37. The fourth-order valence-electron chi connectivity index (χ4n) is 3.61.